The van der Waals surface area contributed by atoms with Crippen molar-refractivity contribution in [2.75, 3.05) is 26.3 Å². The van der Waals surface area contributed by atoms with Crippen molar-refractivity contribution in [1.29, 1.82) is 0 Å². The van der Waals surface area contributed by atoms with Crippen molar-refractivity contribution in [2.24, 2.45) is 5.41 Å². The highest BCUT2D eigenvalue weighted by atomic mass is 16.5. The molecule has 0 radical (unpaired) electrons. The van der Waals surface area contributed by atoms with Crippen LogP contribution in [-0.2, 0) is 9.53 Å². The summed E-state index contributed by atoms with van der Waals surface area (Å²) in [5.74, 6) is -0.775. The van der Waals surface area contributed by atoms with Crippen molar-refractivity contribution in [3.8, 4) is 0 Å². The smallest absolute Gasteiger partial charge is 0.317 e. The fourth-order valence-electron chi connectivity index (χ4n) is 3.39. The fourth-order valence-corrected chi connectivity index (χ4v) is 3.39. The van der Waals surface area contributed by atoms with Gasteiger partial charge < -0.3 is 20.1 Å². The second-order valence-corrected chi connectivity index (χ2v) is 6.22. The zero-order chi connectivity index (χ0) is 15.3. The Hall–Kier alpha value is -1.30. The molecule has 0 aromatic carbocycles. The number of ether oxygens (including phenoxy) is 1. The van der Waals surface area contributed by atoms with Crippen molar-refractivity contribution in [3.05, 3.63) is 0 Å². The zero-order valence-electron chi connectivity index (χ0n) is 12.8. The number of aliphatic carboxylic acids is 1. The van der Waals surface area contributed by atoms with Crippen LogP contribution in [0.1, 0.15) is 45.4 Å². The third-order valence-corrected chi connectivity index (χ3v) is 4.53. The van der Waals surface area contributed by atoms with Crippen LogP contribution in [0.4, 0.5) is 4.79 Å². The molecule has 2 unspecified atom stereocenters. The van der Waals surface area contributed by atoms with Gasteiger partial charge in [0.25, 0.3) is 0 Å². The van der Waals surface area contributed by atoms with Gasteiger partial charge >= 0.3 is 12.0 Å². The summed E-state index contributed by atoms with van der Waals surface area (Å²) in [6.07, 6.45) is 4.74. The molecule has 6 heteroatoms. The van der Waals surface area contributed by atoms with E-state index in [1.54, 1.807) is 4.90 Å². The van der Waals surface area contributed by atoms with Crippen LogP contribution in [0.2, 0.25) is 0 Å². The van der Waals surface area contributed by atoms with Crippen LogP contribution in [-0.4, -0.2) is 54.4 Å². The lowest BCUT2D eigenvalue weighted by atomic mass is 9.76. The molecule has 2 fully saturated rings. The van der Waals surface area contributed by atoms with Gasteiger partial charge in [-0.2, -0.15) is 0 Å². The van der Waals surface area contributed by atoms with Gasteiger partial charge in [0, 0.05) is 19.7 Å². The topological polar surface area (TPSA) is 78.9 Å². The molecule has 0 aliphatic carbocycles. The number of nitrogens with one attached hydrogen (secondary N) is 1. The Morgan fingerprint density at radius 2 is 2.24 bits per heavy atom. The van der Waals surface area contributed by atoms with E-state index in [1.165, 1.54) is 0 Å². The van der Waals surface area contributed by atoms with Gasteiger partial charge in [0.15, 0.2) is 0 Å². The number of carboxylic acid groups (broad SMARTS) is 1. The zero-order valence-corrected chi connectivity index (χ0v) is 12.8. The highest BCUT2D eigenvalue weighted by molar-refractivity contribution is 5.79. The predicted molar refractivity (Wildman–Crippen MR) is 78.2 cm³/mol. The number of hydrogen-bond acceptors (Lipinski definition) is 3. The molecule has 0 saturated carbocycles. The molecule has 2 atom stereocenters. The molecule has 120 valence electrons. The van der Waals surface area contributed by atoms with Crippen molar-refractivity contribution in [1.82, 2.24) is 10.2 Å². The summed E-state index contributed by atoms with van der Waals surface area (Å²) in [4.78, 5) is 25.7. The van der Waals surface area contributed by atoms with E-state index in [2.05, 4.69) is 5.32 Å². The summed E-state index contributed by atoms with van der Waals surface area (Å²) in [5, 5.41) is 12.5. The van der Waals surface area contributed by atoms with Crippen molar-refractivity contribution in [2.45, 2.75) is 51.5 Å². The van der Waals surface area contributed by atoms with Crippen LogP contribution < -0.4 is 5.32 Å². The maximum Gasteiger partial charge on any atom is 0.317 e. The second-order valence-electron chi connectivity index (χ2n) is 6.22. The summed E-state index contributed by atoms with van der Waals surface area (Å²) < 4.78 is 5.36. The molecule has 0 bridgehead atoms. The quantitative estimate of drug-likeness (QED) is 0.830. The number of rotatable bonds is 4. The first-order chi connectivity index (χ1) is 10.1. The Bertz CT molecular complexity index is 378. The first-order valence-corrected chi connectivity index (χ1v) is 7.94. The van der Waals surface area contributed by atoms with Crippen LogP contribution in [0.15, 0.2) is 0 Å². The van der Waals surface area contributed by atoms with E-state index in [-0.39, 0.29) is 12.1 Å². The number of amides is 2. The molecule has 2 aliphatic heterocycles. The molecule has 0 spiro atoms. The van der Waals surface area contributed by atoms with E-state index in [0.717, 1.165) is 32.3 Å². The summed E-state index contributed by atoms with van der Waals surface area (Å²) in [6.45, 7) is 4.25. The summed E-state index contributed by atoms with van der Waals surface area (Å²) in [7, 11) is 0. The van der Waals surface area contributed by atoms with Gasteiger partial charge in [0.05, 0.1) is 18.1 Å². The highest BCUT2D eigenvalue weighted by Gasteiger charge is 2.43. The molecular weight excluding hydrogens is 272 g/mol. The van der Waals surface area contributed by atoms with E-state index < -0.39 is 11.4 Å². The standard InChI is InChI=1S/C15H26N2O4/c1-2-6-15(13(18)19)7-4-8-17(11-15)14(20)16-12-5-3-9-21-10-12/h12H,2-11H2,1H3,(H,16,20)(H,18,19). The first kappa shape index (κ1) is 16.1. The molecule has 2 rings (SSSR count). The minimum Gasteiger partial charge on any atom is -0.481 e. The van der Waals surface area contributed by atoms with E-state index in [4.69, 9.17) is 4.74 Å². The van der Waals surface area contributed by atoms with Gasteiger partial charge in [-0.15, -0.1) is 0 Å². The van der Waals surface area contributed by atoms with E-state index in [1.807, 2.05) is 6.92 Å². The van der Waals surface area contributed by atoms with E-state index in [0.29, 0.717) is 32.5 Å². The first-order valence-electron chi connectivity index (χ1n) is 7.94. The SMILES string of the molecule is CCCC1(C(=O)O)CCCN(C(=O)NC2CCCOC2)C1. The van der Waals surface area contributed by atoms with E-state index in [9.17, 15) is 14.7 Å². The Morgan fingerprint density at radius 3 is 2.86 bits per heavy atom. The summed E-state index contributed by atoms with van der Waals surface area (Å²) in [5.41, 5.74) is -0.770. The molecule has 2 heterocycles. The molecule has 2 saturated heterocycles. The van der Waals surface area contributed by atoms with Gasteiger partial charge in [-0.25, -0.2) is 4.79 Å². The molecule has 2 N–H and O–H groups in total. The number of hydrogen-bond donors (Lipinski definition) is 2. The van der Waals surface area contributed by atoms with Crippen molar-refractivity contribution in [3.63, 3.8) is 0 Å². The Labute approximate surface area is 125 Å². The fraction of sp³-hybridized carbons (Fsp3) is 0.867. The Morgan fingerprint density at radius 1 is 1.43 bits per heavy atom. The van der Waals surface area contributed by atoms with Crippen LogP contribution in [0.3, 0.4) is 0 Å². The third kappa shape index (κ3) is 3.87. The lowest BCUT2D eigenvalue weighted by Gasteiger charge is -2.40. The Kier molecular flexibility index (Phi) is 5.45. The number of carbonyl (C=O) groups is 2. The number of carbonyl (C=O) groups excluding carboxylic acids is 1. The predicted octanol–water partition coefficient (Wildman–Crippen LogP) is 1.84. The van der Waals surface area contributed by atoms with Gasteiger partial charge in [0.2, 0.25) is 0 Å². The van der Waals surface area contributed by atoms with Gasteiger partial charge in [0.1, 0.15) is 0 Å². The Balaban J connectivity index is 1.95. The molecule has 21 heavy (non-hydrogen) atoms. The summed E-state index contributed by atoms with van der Waals surface area (Å²) >= 11 is 0. The second kappa shape index (κ2) is 7.11. The molecule has 2 aliphatic rings. The summed E-state index contributed by atoms with van der Waals surface area (Å²) in [6, 6.07) is -0.0921. The van der Waals surface area contributed by atoms with Gasteiger partial charge in [-0.3, -0.25) is 4.79 Å². The maximum atomic E-state index is 12.3. The molecular formula is C15H26N2O4. The average molecular weight is 298 g/mol. The number of likely N-dealkylation sites (tertiary alicyclic amines) is 1. The minimum absolute atomic E-state index is 0.0542. The number of carboxylic acids is 1. The third-order valence-electron chi connectivity index (χ3n) is 4.53. The van der Waals surface area contributed by atoms with Crippen LogP contribution in [0, 0.1) is 5.41 Å². The maximum absolute atomic E-state index is 12.3. The average Bonchev–Trinajstić information content (AvgIpc) is 2.48. The van der Waals surface area contributed by atoms with Crippen LogP contribution in [0.5, 0.6) is 0 Å². The molecule has 6 nitrogen and oxygen atoms in total. The highest BCUT2D eigenvalue weighted by Crippen LogP contribution is 2.35. The molecule has 0 aromatic heterocycles. The molecule has 0 aromatic rings. The van der Waals surface area contributed by atoms with Gasteiger partial charge in [-0.1, -0.05) is 13.3 Å². The van der Waals surface area contributed by atoms with E-state index >= 15 is 0 Å². The minimum atomic E-state index is -0.775. The largest absolute Gasteiger partial charge is 0.481 e. The number of nitrogens with zero attached hydrogens (tertiary/aromatic N) is 1. The number of urea groups is 1. The van der Waals surface area contributed by atoms with Crippen LogP contribution in [0.25, 0.3) is 0 Å². The lowest BCUT2D eigenvalue weighted by molar-refractivity contribution is -0.152. The van der Waals surface area contributed by atoms with Crippen LogP contribution >= 0.6 is 0 Å². The number of piperidine rings is 1. The monoisotopic (exact) mass is 298 g/mol. The van der Waals surface area contributed by atoms with Crippen molar-refractivity contribution >= 4 is 12.0 Å². The normalized spacial score (nSPS) is 30.0. The van der Waals surface area contributed by atoms with Gasteiger partial charge in [-0.05, 0) is 32.1 Å². The van der Waals surface area contributed by atoms with Crippen molar-refractivity contribution < 1.29 is 19.4 Å². The molecule has 2 amide bonds. The lowest BCUT2D eigenvalue weighted by Crippen LogP contribution is -2.55.